The molecule has 1 aliphatic carbocycles. The van der Waals surface area contributed by atoms with Gasteiger partial charge in [-0.25, -0.2) is 0 Å². The Hall–Kier alpha value is -1.10. The van der Waals surface area contributed by atoms with Gasteiger partial charge in [0, 0.05) is 24.1 Å². The lowest BCUT2D eigenvalue weighted by Gasteiger charge is -2.27. The van der Waals surface area contributed by atoms with Crippen molar-refractivity contribution in [2.45, 2.75) is 39.2 Å². The maximum absolute atomic E-state index is 11.2. The van der Waals surface area contributed by atoms with Gasteiger partial charge in [0.05, 0.1) is 0 Å². The van der Waals surface area contributed by atoms with Crippen molar-refractivity contribution in [3.8, 4) is 11.8 Å². The number of aryl methyl sites for hydroxylation is 1. The average molecular weight is 269 g/mol. The van der Waals surface area contributed by atoms with Crippen LogP contribution in [0.2, 0.25) is 0 Å². The molecule has 5 heteroatoms. The lowest BCUT2D eigenvalue weighted by molar-refractivity contribution is -0.115. The van der Waals surface area contributed by atoms with Crippen molar-refractivity contribution in [1.29, 1.82) is 0 Å². The number of aromatic nitrogens is 1. The predicted molar refractivity (Wildman–Crippen MR) is 71.9 cm³/mol. The van der Waals surface area contributed by atoms with Crippen LogP contribution in [-0.2, 0) is 11.3 Å². The van der Waals surface area contributed by atoms with Crippen LogP contribution >= 0.6 is 12.6 Å². The highest BCUT2D eigenvalue weighted by molar-refractivity contribution is 7.96. The van der Waals surface area contributed by atoms with Gasteiger partial charge in [-0.2, -0.15) is 0 Å². The highest BCUT2D eigenvalue weighted by Gasteiger charge is 2.25. The van der Waals surface area contributed by atoms with Crippen LogP contribution in [0.1, 0.15) is 31.2 Å². The lowest BCUT2D eigenvalue weighted by Crippen LogP contribution is -2.21. The molecule has 1 aliphatic rings. The summed E-state index contributed by atoms with van der Waals surface area (Å²) >= 11 is 3.88. The number of hydrogen-bond acceptors (Lipinski definition) is 3. The molecule has 1 aromatic rings. The van der Waals surface area contributed by atoms with Crippen molar-refractivity contribution < 1.29 is 15.0 Å². The third-order valence-electron chi connectivity index (χ3n) is 3.87. The fourth-order valence-corrected chi connectivity index (χ4v) is 2.95. The summed E-state index contributed by atoms with van der Waals surface area (Å²) in [6.07, 6.45) is 3.59. The molecular formula is C13H19NO3S. The Morgan fingerprint density at radius 2 is 2.00 bits per heavy atom. The maximum Gasteiger partial charge on any atom is 0.196 e. The van der Waals surface area contributed by atoms with Gasteiger partial charge in [0.15, 0.2) is 16.9 Å². The van der Waals surface area contributed by atoms with E-state index in [2.05, 4.69) is 12.6 Å². The van der Waals surface area contributed by atoms with E-state index in [1.54, 1.807) is 17.6 Å². The van der Waals surface area contributed by atoms with Gasteiger partial charge < -0.3 is 10.2 Å². The molecule has 0 spiro atoms. The molecule has 2 rings (SSSR count). The van der Waals surface area contributed by atoms with Crippen LogP contribution in [-0.4, -0.2) is 19.9 Å². The van der Waals surface area contributed by atoms with Gasteiger partial charge in [0.2, 0.25) is 0 Å². The average Bonchev–Trinajstić information content (AvgIpc) is 2.57. The van der Waals surface area contributed by atoms with E-state index in [1.165, 1.54) is 0 Å². The largest absolute Gasteiger partial charge is 0.494 e. The van der Waals surface area contributed by atoms with Crippen LogP contribution in [0.4, 0.5) is 0 Å². The van der Waals surface area contributed by atoms with Crippen LogP contribution in [0.3, 0.4) is 0 Å². The number of rotatable bonds is 3. The highest BCUT2D eigenvalue weighted by atomic mass is 32.1. The van der Waals surface area contributed by atoms with Gasteiger partial charge >= 0.3 is 0 Å². The third-order valence-corrected chi connectivity index (χ3v) is 4.23. The first kappa shape index (κ1) is 13.3. The summed E-state index contributed by atoms with van der Waals surface area (Å²) in [5.74, 6) is 0.730. The summed E-state index contributed by atoms with van der Waals surface area (Å²) < 4.78 is 1.54. The number of hydrogen-bond donors (Lipinski definition) is 3. The van der Waals surface area contributed by atoms with Crippen molar-refractivity contribution in [2.24, 2.45) is 11.8 Å². The van der Waals surface area contributed by atoms with Crippen molar-refractivity contribution in [1.82, 2.24) is 4.57 Å². The Labute approximate surface area is 112 Å². The molecule has 100 valence electrons. The molecule has 1 fully saturated rings. The highest BCUT2D eigenvalue weighted by Crippen LogP contribution is 2.34. The number of aromatic hydroxyl groups is 2. The normalized spacial score (nSPS) is 24.1. The molecule has 2 N–H and O–H groups in total. The molecule has 0 atom stereocenters. The Balaban J connectivity index is 1.97. The number of nitrogens with zero attached hydrogens (tertiary/aromatic N) is 1. The van der Waals surface area contributed by atoms with Crippen LogP contribution in [0.25, 0.3) is 0 Å². The van der Waals surface area contributed by atoms with Crippen LogP contribution in [0.5, 0.6) is 11.8 Å². The Morgan fingerprint density at radius 1 is 1.39 bits per heavy atom. The predicted octanol–water partition coefficient (Wildman–Crippen LogP) is 2.47. The quantitative estimate of drug-likeness (QED) is 0.739. The van der Waals surface area contributed by atoms with Crippen molar-refractivity contribution in [2.75, 3.05) is 0 Å². The molecule has 0 aliphatic heterocycles. The molecule has 4 nitrogen and oxygen atoms in total. The first-order valence-electron chi connectivity index (χ1n) is 6.30. The SMILES string of the molecule is Cc1cc(O)n(CC2CCC(C(=O)S)CC2)c1O. The molecule has 0 amide bonds. The van der Waals surface area contributed by atoms with E-state index < -0.39 is 0 Å². The van der Waals surface area contributed by atoms with Crippen molar-refractivity contribution >= 4 is 17.7 Å². The zero-order valence-electron chi connectivity index (χ0n) is 10.5. The van der Waals surface area contributed by atoms with E-state index in [0.717, 1.165) is 25.7 Å². The molecule has 0 saturated heterocycles. The van der Waals surface area contributed by atoms with E-state index in [9.17, 15) is 15.0 Å². The molecule has 1 saturated carbocycles. The van der Waals surface area contributed by atoms with Gasteiger partial charge in [-0.1, -0.05) is 0 Å². The first-order valence-corrected chi connectivity index (χ1v) is 6.74. The van der Waals surface area contributed by atoms with Gasteiger partial charge in [0.25, 0.3) is 0 Å². The second-order valence-electron chi connectivity index (χ2n) is 5.18. The van der Waals surface area contributed by atoms with E-state index in [1.807, 2.05) is 0 Å². The summed E-state index contributed by atoms with van der Waals surface area (Å²) in [7, 11) is 0. The Morgan fingerprint density at radius 3 is 2.44 bits per heavy atom. The minimum atomic E-state index is -0.0176. The Bertz CT molecular complexity index is 447. The second-order valence-corrected chi connectivity index (χ2v) is 5.62. The first-order chi connectivity index (χ1) is 8.49. The molecular weight excluding hydrogens is 250 g/mol. The van der Waals surface area contributed by atoms with E-state index in [-0.39, 0.29) is 22.8 Å². The smallest absolute Gasteiger partial charge is 0.196 e. The number of carbonyl (C=O) groups is 1. The van der Waals surface area contributed by atoms with Gasteiger partial charge in [0.1, 0.15) is 0 Å². The van der Waals surface area contributed by atoms with Gasteiger partial charge in [-0.05, 0) is 38.5 Å². The second kappa shape index (κ2) is 5.26. The summed E-state index contributed by atoms with van der Waals surface area (Å²) in [6.45, 7) is 2.38. The minimum absolute atomic E-state index is 0.0176. The molecule has 0 radical (unpaired) electrons. The standard InChI is InChI=1S/C13H19NO3S/c1-8-6-11(15)14(12(8)16)7-9-2-4-10(5-3-9)13(17)18/h6,9-10,15-16H,2-5,7H2,1H3,(H,17,18). The number of thiol groups is 1. The number of carbonyl (C=O) groups excluding carboxylic acids is 1. The third kappa shape index (κ3) is 2.66. The van der Waals surface area contributed by atoms with Crippen LogP contribution in [0.15, 0.2) is 6.07 Å². The summed E-state index contributed by atoms with van der Waals surface area (Å²) in [5.41, 5.74) is 0.687. The minimum Gasteiger partial charge on any atom is -0.494 e. The zero-order valence-corrected chi connectivity index (χ0v) is 11.4. The fraction of sp³-hybridized carbons (Fsp3) is 0.615. The molecule has 0 unspecified atom stereocenters. The molecule has 18 heavy (non-hydrogen) atoms. The van der Waals surface area contributed by atoms with E-state index in [0.29, 0.717) is 18.0 Å². The molecule has 1 aromatic heterocycles. The van der Waals surface area contributed by atoms with Crippen molar-refractivity contribution in [3.05, 3.63) is 11.6 Å². The van der Waals surface area contributed by atoms with E-state index >= 15 is 0 Å². The zero-order chi connectivity index (χ0) is 13.3. The van der Waals surface area contributed by atoms with Crippen LogP contribution in [0, 0.1) is 18.8 Å². The molecule has 0 aromatic carbocycles. The molecule has 0 bridgehead atoms. The summed E-state index contributed by atoms with van der Waals surface area (Å²) in [4.78, 5) is 11.2. The summed E-state index contributed by atoms with van der Waals surface area (Å²) in [6, 6.07) is 1.57. The monoisotopic (exact) mass is 269 g/mol. The van der Waals surface area contributed by atoms with Gasteiger partial charge in [-0.3, -0.25) is 9.36 Å². The van der Waals surface area contributed by atoms with Crippen LogP contribution < -0.4 is 0 Å². The maximum atomic E-state index is 11.2. The molecule has 1 heterocycles. The topological polar surface area (TPSA) is 62.5 Å². The van der Waals surface area contributed by atoms with Gasteiger partial charge in [-0.15, -0.1) is 12.6 Å². The van der Waals surface area contributed by atoms with Crippen molar-refractivity contribution in [3.63, 3.8) is 0 Å². The Kier molecular flexibility index (Phi) is 3.90. The fourth-order valence-electron chi connectivity index (χ4n) is 2.69. The lowest BCUT2D eigenvalue weighted by atomic mass is 9.82. The summed E-state index contributed by atoms with van der Waals surface area (Å²) in [5, 5.41) is 19.5. The van der Waals surface area contributed by atoms with E-state index in [4.69, 9.17) is 0 Å².